The van der Waals surface area contributed by atoms with Crippen LogP contribution in [0, 0.1) is 5.92 Å². The molecule has 0 radical (unpaired) electrons. The topological polar surface area (TPSA) is 100 Å². The maximum Gasteiger partial charge on any atom is 0.173 e. The number of nitrogens with one attached hydrogen (secondary N) is 1. The zero-order valence-electron chi connectivity index (χ0n) is 12.7. The molecule has 21 heavy (non-hydrogen) atoms. The Morgan fingerprint density at radius 2 is 2.24 bits per heavy atom. The van der Waals surface area contributed by atoms with Crippen LogP contribution in [0.4, 0.5) is 0 Å². The number of methoxy groups -OCH3 is 1. The van der Waals surface area contributed by atoms with E-state index in [1.165, 1.54) is 0 Å². The molecule has 0 spiro atoms. The van der Waals surface area contributed by atoms with Gasteiger partial charge in [0.1, 0.15) is 5.75 Å². The Balaban J connectivity index is 2.64. The van der Waals surface area contributed by atoms with Gasteiger partial charge in [-0.3, -0.25) is 0 Å². The molecule has 0 aromatic heterocycles. The Hall–Kier alpha value is -1.79. The van der Waals surface area contributed by atoms with Gasteiger partial charge in [0.25, 0.3) is 0 Å². The highest BCUT2D eigenvalue weighted by Gasteiger charge is 2.09. The fourth-order valence-electron chi connectivity index (χ4n) is 2.16. The Kier molecular flexibility index (Phi) is 7.56. The zero-order chi connectivity index (χ0) is 15.7. The Labute approximate surface area is 125 Å². The third-order valence-electron chi connectivity index (χ3n) is 3.53. The van der Waals surface area contributed by atoms with Gasteiger partial charge in [-0.2, -0.15) is 0 Å². The van der Waals surface area contributed by atoms with Crippen LogP contribution in [0.15, 0.2) is 23.4 Å². The molecule has 1 rings (SSSR count). The largest absolute Gasteiger partial charge is 0.496 e. The highest BCUT2D eigenvalue weighted by atomic mass is 16.5. The monoisotopic (exact) mass is 295 g/mol. The summed E-state index contributed by atoms with van der Waals surface area (Å²) in [5.74, 6) is 1.08. The van der Waals surface area contributed by atoms with Gasteiger partial charge in [0, 0.05) is 13.2 Å². The van der Waals surface area contributed by atoms with Gasteiger partial charge in [-0.15, -0.1) is 0 Å². The van der Waals surface area contributed by atoms with Crippen molar-refractivity contribution in [1.82, 2.24) is 5.32 Å². The molecule has 118 valence electrons. The van der Waals surface area contributed by atoms with E-state index in [9.17, 15) is 0 Å². The van der Waals surface area contributed by atoms with Crippen molar-refractivity contribution in [3.05, 3.63) is 29.3 Å². The third-order valence-corrected chi connectivity index (χ3v) is 3.53. The van der Waals surface area contributed by atoms with Crippen LogP contribution in [-0.2, 0) is 6.54 Å². The SMILES string of the molecule is CCC(CCO)CNCc1ccc(/C(N)=N/O)c(OC)c1. The molecule has 1 aromatic rings. The summed E-state index contributed by atoms with van der Waals surface area (Å²) in [6, 6.07) is 5.55. The first kappa shape index (κ1) is 17.3. The number of amidine groups is 1. The molecule has 1 atom stereocenters. The standard InChI is InChI=1S/C15H25N3O3/c1-3-11(6-7-19)9-17-10-12-4-5-13(15(16)18-20)14(8-12)21-2/h4-5,8,11,17,19-20H,3,6-7,9-10H2,1-2H3,(H2,16,18). The molecule has 0 aliphatic rings. The van der Waals surface area contributed by atoms with E-state index >= 15 is 0 Å². The van der Waals surface area contributed by atoms with E-state index in [1.54, 1.807) is 13.2 Å². The molecule has 1 aromatic carbocycles. The summed E-state index contributed by atoms with van der Waals surface area (Å²) in [4.78, 5) is 0. The van der Waals surface area contributed by atoms with Crippen molar-refractivity contribution in [2.45, 2.75) is 26.3 Å². The minimum absolute atomic E-state index is 0.0281. The van der Waals surface area contributed by atoms with Crippen molar-refractivity contribution >= 4 is 5.84 Å². The lowest BCUT2D eigenvalue weighted by atomic mass is 10.0. The van der Waals surface area contributed by atoms with Crippen molar-refractivity contribution in [2.75, 3.05) is 20.3 Å². The lowest BCUT2D eigenvalue weighted by Crippen LogP contribution is -2.23. The molecule has 6 heteroatoms. The van der Waals surface area contributed by atoms with Crippen LogP contribution in [0.2, 0.25) is 0 Å². The average Bonchev–Trinajstić information content (AvgIpc) is 2.53. The molecule has 6 nitrogen and oxygen atoms in total. The van der Waals surface area contributed by atoms with Crippen molar-refractivity contribution in [3.63, 3.8) is 0 Å². The minimum Gasteiger partial charge on any atom is -0.496 e. The summed E-state index contributed by atoms with van der Waals surface area (Å²) in [5, 5.41) is 24.1. The third kappa shape index (κ3) is 5.24. The van der Waals surface area contributed by atoms with Gasteiger partial charge in [-0.25, -0.2) is 0 Å². The summed E-state index contributed by atoms with van der Waals surface area (Å²) < 4.78 is 5.26. The molecule has 0 fully saturated rings. The first-order valence-electron chi connectivity index (χ1n) is 7.12. The molecule has 1 unspecified atom stereocenters. The molecule has 0 amide bonds. The molecule has 0 aliphatic carbocycles. The van der Waals surface area contributed by atoms with Crippen LogP contribution in [0.5, 0.6) is 5.75 Å². The molecular formula is C15H25N3O3. The van der Waals surface area contributed by atoms with E-state index < -0.39 is 0 Å². The number of hydrogen-bond donors (Lipinski definition) is 4. The summed E-state index contributed by atoms with van der Waals surface area (Å²) in [6.07, 6.45) is 1.86. The maximum absolute atomic E-state index is 8.97. The smallest absolute Gasteiger partial charge is 0.173 e. The molecule has 0 bridgehead atoms. The van der Waals surface area contributed by atoms with Crippen molar-refractivity contribution in [3.8, 4) is 5.75 Å². The minimum atomic E-state index is 0.0281. The summed E-state index contributed by atoms with van der Waals surface area (Å²) in [7, 11) is 1.55. The van der Waals surface area contributed by atoms with Gasteiger partial charge < -0.3 is 26.1 Å². The second-order valence-corrected chi connectivity index (χ2v) is 4.94. The van der Waals surface area contributed by atoms with E-state index in [4.69, 9.17) is 20.8 Å². The van der Waals surface area contributed by atoms with Crippen LogP contribution in [0.25, 0.3) is 0 Å². The van der Waals surface area contributed by atoms with Gasteiger partial charge >= 0.3 is 0 Å². The highest BCUT2D eigenvalue weighted by Crippen LogP contribution is 2.20. The molecule has 0 saturated carbocycles. The summed E-state index contributed by atoms with van der Waals surface area (Å²) in [6.45, 7) is 3.91. The van der Waals surface area contributed by atoms with Gasteiger partial charge in [0.2, 0.25) is 0 Å². The van der Waals surface area contributed by atoms with Gasteiger partial charge in [-0.05, 0) is 36.6 Å². The van der Waals surface area contributed by atoms with Crippen LogP contribution in [-0.4, -0.2) is 36.4 Å². The summed E-state index contributed by atoms with van der Waals surface area (Å²) in [5.41, 5.74) is 7.21. The van der Waals surface area contributed by atoms with Crippen molar-refractivity contribution in [2.24, 2.45) is 16.8 Å². The van der Waals surface area contributed by atoms with Crippen LogP contribution in [0.3, 0.4) is 0 Å². The van der Waals surface area contributed by atoms with Gasteiger partial charge in [0.05, 0.1) is 12.7 Å². The number of nitrogens with zero attached hydrogens (tertiary/aromatic N) is 1. The molecule has 0 heterocycles. The summed E-state index contributed by atoms with van der Waals surface area (Å²) >= 11 is 0. The highest BCUT2D eigenvalue weighted by molar-refractivity contribution is 5.99. The molecule has 0 saturated heterocycles. The fraction of sp³-hybridized carbons (Fsp3) is 0.533. The van der Waals surface area contributed by atoms with E-state index in [0.717, 1.165) is 24.9 Å². The first-order valence-corrected chi connectivity index (χ1v) is 7.12. The number of aliphatic hydroxyl groups is 1. The number of ether oxygens (including phenoxy) is 1. The van der Waals surface area contributed by atoms with E-state index in [2.05, 4.69) is 17.4 Å². The average molecular weight is 295 g/mol. The van der Waals surface area contributed by atoms with Crippen molar-refractivity contribution in [1.29, 1.82) is 0 Å². The Morgan fingerprint density at radius 3 is 2.81 bits per heavy atom. The van der Waals surface area contributed by atoms with Gasteiger partial charge in [0.15, 0.2) is 5.84 Å². The normalized spacial score (nSPS) is 13.2. The Bertz CT molecular complexity index is 463. The second kappa shape index (κ2) is 9.20. The van der Waals surface area contributed by atoms with E-state index in [0.29, 0.717) is 23.8 Å². The predicted octanol–water partition coefficient (Wildman–Crippen LogP) is 1.29. The number of nitrogens with two attached hydrogens (primary N) is 1. The Morgan fingerprint density at radius 1 is 1.48 bits per heavy atom. The number of hydrogen-bond acceptors (Lipinski definition) is 5. The molecule has 0 aliphatic heterocycles. The maximum atomic E-state index is 8.97. The number of aliphatic hydroxyl groups excluding tert-OH is 1. The second-order valence-electron chi connectivity index (χ2n) is 4.94. The predicted molar refractivity (Wildman–Crippen MR) is 82.7 cm³/mol. The van der Waals surface area contributed by atoms with Crippen molar-refractivity contribution < 1.29 is 15.1 Å². The van der Waals surface area contributed by atoms with Crippen LogP contribution in [0.1, 0.15) is 30.9 Å². The lowest BCUT2D eigenvalue weighted by Gasteiger charge is -2.15. The van der Waals surface area contributed by atoms with E-state index in [-0.39, 0.29) is 12.4 Å². The quantitative estimate of drug-likeness (QED) is 0.238. The van der Waals surface area contributed by atoms with Crippen LogP contribution >= 0.6 is 0 Å². The number of benzene rings is 1. The van der Waals surface area contributed by atoms with E-state index in [1.807, 2.05) is 12.1 Å². The molecular weight excluding hydrogens is 270 g/mol. The fourth-order valence-corrected chi connectivity index (χ4v) is 2.16. The number of oxime groups is 1. The first-order chi connectivity index (χ1) is 10.2. The zero-order valence-corrected chi connectivity index (χ0v) is 12.7. The lowest BCUT2D eigenvalue weighted by molar-refractivity contribution is 0.251. The molecule has 5 N–H and O–H groups in total. The van der Waals surface area contributed by atoms with Gasteiger partial charge in [-0.1, -0.05) is 24.6 Å². The van der Waals surface area contributed by atoms with Crippen LogP contribution < -0.4 is 15.8 Å². The number of rotatable bonds is 9.